The highest BCUT2D eigenvalue weighted by Gasteiger charge is 2.27. The van der Waals surface area contributed by atoms with Gasteiger partial charge in [-0.25, -0.2) is 4.98 Å². The van der Waals surface area contributed by atoms with Crippen LogP contribution >= 0.6 is 11.3 Å². The molecule has 1 atom stereocenters. The second-order valence-electron chi connectivity index (χ2n) is 6.54. The third-order valence-corrected chi connectivity index (χ3v) is 5.81. The lowest BCUT2D eigenvalue weighted by atomic mass is 10.2. The van der Waals surface area contributed by atoms with Crippen molar-refractivity contribution in [2.24, 2.45) is 0 Å². The second-order valence-corrected chi connectivity index (χ2v) is 7.66. The maximum absolute atomic E-state index is 4.99. The number of nitrogens with zero attached hydrogens (tertiary/aromatic N) is 3. The molecular formula is C16H28N4S. The molecule has 21 heavy (non-hydrogen) atoms. The average Bonchev–Trinajstić information content (AvgIpc) is 3.23. The summed E-state index contributed by atoms with van der Waals surface area (Å²) in [7, 11) is 4.48. The van der Waals surface area contributed by atoms with E-state index < -0.39 is 0 Å². The number of hydrogen-bond acceptors (Lipinski definition) is 5. The second kappa shape index (κ2) is 6.73. The average molecular weight is 308 g/mol. The summed E-state index contributed by atoms with van der Waals surface area (Å²) in [6.45, 7) is 6.71. The van der Waals surface area contributed by atoms with Crippen LogP contribution in [-0.4, -0.2) is 54.6 Å². The van der Waals surface area contributed by atoms with E-state index >= 15 is 0 Å². The van der Waals surface area contributed by atoms with Crippen LogP contribution in [-0.2, 0) is 13.0 Å². The topological polar surface area (TPSA) is 31.4 Å². The van der Waals surface area contributed by atoms with E-state index in [2.05, 4.69) is 36.1 Å². The summed E-state index contributed by atoms with van der Waals surface area (Å²) < 4.78 is 0. The Labute approximate surface area is 132 Å². The van der Waals surface area contributed by atoms with Crippen LogP contribution in [0.4, 0.5) is 0 Å². The highest BCUT2D eigenvalue weighted by molar-refractivity contribution is 7.11. The minimum absolute atomic E-state index is 0.461. The standard InChI is InChI=1S/C16H28N4S/c1-4-13-15(10-17-12-6-7-12)21-16(18-13)14-11-19(2)8-5-9-20(14)3/h12,14,17H,4-11H2,1-3H3. The Morgan fingerprint density at radius 3 is 2.81 bits per heavy atom. The molecule has 1 N–H and O–H groups in total. The van der Waals surface area contributed by atoms with Gasteiger partial charge in [0.15, 0.2) is 0 Å². The highest BCUT2D eigenvalue weighted by Crippen LogP contribution is 2.30. The summed E-state index contributed by atoms with van der Waals surface area (Å²) in [5.41, 5.74) is 1.31. The van der Waals surface area contributed by atoms with E-state index in [4.69, 9.17) is 4.98 Å². The van der Waals surface area contributed by atoms with Crippen LogP contribution < -0.4 is 5.32 Å². The lowest BCUT2D eigenvalue weighted by Crippen LogP contribution is -2.30. The molecule has 2 aliphatic rings. The van der Waals surface area contributed by atoms with Crippen molar-refractivity contribution in [2.75, 3.05) is 33.7 Å². The van der Waals surface area contributed by atoms with Crippen LogP contribution in [0.5, 0.6) is 0 Å². The van der Waals surface area contributed by atoms with Gasteiger partial charge in [-0.3, -0.25) is 4.90 Å². The van der Waals surface area contributed by atoms with Gasteiger partial charge in [0.05, 0.1) is 11.7 Å². The van der Waals surface area contributed by atoms with Gasteiger partial charge in [-0.1, -0.05) is 6.92 Å². The Kier molecular flexibility index (Phi) is 4.94. The van der Waals surface area contributed by atoms with Crippen LogP contribution in [0.15, 0.2) is 0 Å². The first-order valence-corrected chi connectivity index (χ1v) is 9.09. The number of rotatable bonds is 5. The van der Waals surface area contributed by atoms with Gasteiger partial charge in [0.25, 0.3) is 0 Å². The van der Waals surface area contributed by atoms with Crippen molar-refractivity contribution in [1.29, 1.82) is 0 Å². The van der Waals surface area contributed by atoms with Gasteiger partial charge < -0.3 is 10.2 Å². The first-order valence-electron chi connectivity index (χ1n) is 8.28. The van der Waals surface area contributed by atoms with E-state index in [1.54, 1.807) is 0 Å². The van der Waals surface area contributed by atoms with Crippen molar-refractivity contribution in [3.05, 3.63) is 15.6 Å². The fourth-order valence-corrected chi connectivity index (χ4v) is 4.29. The fraction of sp³-hybridized carbons (Fsp3) is 0.812. The number of nitrogens with one attached hydrogen (secondary N) is 1. The summed E-state index contributed by atoms with van der Waals surface area (Å²) in [6, 6.07) is 1.23. The van der Waals surface area contributed by atoms with E-state index in [1.165, 1.54) is 47.9 Å². The Bertz CT molecular complexity index is 469. The summed E-state index contributed by atoms with van der Waals surface area (Å²) in [6.07, 6.45) is 5.00. The Hall–Kier alpha value is -0.490. The fourth-order valence-electron chi connectivity index (χ4n) is 3.02. The minimum atomic E-state index is 0.461. The largest absolute Gasteiger partial charge is 0.309 e. The molecule has 3 rings (SSSR count). The third kappa shape index (κ3) is 3.83. The van der Waals surface area contributed by atoms with Gasteiger partial charge >= 0.3 is 0 Å². The van der Waals surface area contributed by atoms with Crippen molar-refractivity contribution in [3.63, 3.8) is 0 Å². The van der Waals surface area contributed by atoms with Gasteiger partial charge in [-0.05, 0) is 52.9 Å². The molecule has 1 aliphatic heterocycles. The number of aryl methyl sites for hydroxylation is 1. The molecule has 1 unspecified atom stereocenters. The summed E-state index contributed by atoms with van der Waals surface area (Å²) >= 11 is 1.93. The van der Waals surface area contributed by atoms with E-state index in [0.29, 0.717) is 6.04 Å². The van der Waals surface area contributed by atoms with Crippen LogP contribution in [0.25, 0.3) is 0 Å². The van der Waals surface area contributed by atoms with Gasteiger partial charge in [-0.2, -0.15) is 0 Å². The van der Waals surface area contributed by atoms with E-state index in [1.807, 2.05) is 11.3 Å². The minimum Gasteiger partial charge on any atom is -0.309 e. The first-order chi connectivity index (χ1) is 10.2. The summed E-state index contributed by atoms with van der Waals surface area (Å²) in [5, 5.41) is 4.96. The lowest BCUT2D eigenvalue weighted by molar-refractivity contribution is 0.228. The number of hydrogen-bond donors (Lipinski definition) is 1. The van der Waals surface area contributed by atoms with Crippen molar-refractivity contribution < 1.29 is 0 Å². The highest BCUT2D eigenvalue weighted by atomic mass is 32.1. The molecule has 1 aromatic heterocycles. The molecule has 2 fully saturated rings. The van der Waals surface area contributed by atoms with Crippen molar-refractivity contribution >= 4 is 11.3 Å². The predicted octanol–water partition coefficient (Wildman–Crippen LogP) is 2.27. The first kappa shape index (κ1) is 15.4. The normalized spacial score (nSPS) is 25.2. The smallest absolute Gasteiger partial charge is 0.112 e. The zero-order valence-corrected chi connectivity index (χ0v) is 14.4. The molecular weight excluding hydrogens is 280 g/mol. The Morgan fingerprint density at radius 2 is 2.10 bits per heavy atom. The molecule has 0 bridgehead atoms. The number of aromatic nitrogens is 1. The zero-order chi connectivity index (χ0) is 14.8. The molecule has 1 aromatic rings. The van der Waals surface area contributed by atoms with E-state index in [9.17, 15) is 0 Å². The van der Waals surface area contributed by atoms with Gasteiger partial charge in [0.2, 0.25) is 0 Å². The maximum atomic E-state index is 4.99. The molecule has 118 valence electrons. The molecule has 0 aromatic carbocycles. The van der Waals surface area contributed by atoms with Crippen molar-refractivity contribution in [1.82, 2.24) is 20.1 Å². The molecule has 0 spiro atoms. The van der Waals surface area contributed by atoms with Crippen molar-refractivity contribution in [3.8, 4) is 0 Å². The molecule has 5 heteroatoms. The quantitative estimate of drug-likeness (QED) is 0.904. The lowest BCUT2D eigenvalue weighted by Gasteiger charge is -2.25. The summed E-state index contributed by atoms with van der Waals surface area (Å²) in [5.74, 6) is 0. The molecule has 1 aliphatic carbocycles. The Morgan fingerprint density at radius 1 is 1.29 bits per heavy atom. The Balaban J connectivity index is 1.75. The number of likely N-dealkylation sites (N-methyl/N-ethyl adjacent to an activating group) is 2. The number of thiazole rings is 1. The SMILES string of the molecule is CCc1nc(C2CN(C)CCCN2C)sc1CNC1CC1. The molecule has 1 saturated carbocycles. The van der Waals surface area contributed by atoms with Crippen LogP contribution in [0.2, 0.25) is 0 Å². The monoisotopic (exact) mass is 308 g/mol. The maximum Gasteiger partial charge on any atom is 0.112 e. The van der Waals surface area contributed by atoms with Crippen molar-refractivity contribution in [2.45, 2.75) is 51.2 Å². The van der Waals surface area contributed by atoms with E-state index in [0.717, 1.165) is 25.6 Å². The van der Waals surface area contributed by atoms with Gasteiger partial charge in [-0.15, -0.1) is 11.3 Å². The van der Waals surface area contributed by atoms with Crippen LogP contribution in [0, 0.1) is 0 Å². The summed E-state index contributed by atoms with van der Waals surface area (Å²) in [4.78, 5) is 11.4. The van der Waals surface area contributed by atoms with Gasteiger partial charge in [0, 0.05) is 24.0 Å². The van der Waals surface area contributed by atoms with Crippen LogP contribution in [0.1, 0.15) is 47.8 Å². The van der Waals surface area contributed by atoms with E-state index in [-0.39, 0.29) is 0 Å². The molecule has 2 heterocycles. The zero-order valence-electron chi connectivity index (χ0n) is 13.6. The predicted molar refractivity (Wildman–Crippen MR) is 88.8 cm³/mol. The third-order valence-electron chi connectivity index (χ3n) is 4.61. The van der Waals surface area contributed by atoms with Gasteiger partial charge in [0.1, 0.15) is 5.01 Å². The molecule has 1 saturated heterocycles. The van der Waals surface area contributed by atoms with Crippen LogP contribution in [0.3, 0.4) is 0 Å². The molecule has 0 amide bonds. The molecule has 0 radical (unpaired) electrons. The molecule has 4 nitrogen and oxygen atoms in total.